The summed E-state index contributed by atoms with van der Waals surface area (Å²) in [7, 11) is 3.92. The molecule has 4 N–H and O–H groups in total. The van der Waals surface area contributed by atoms with Crippen molar-refractivity contribution in [3.63, 3.8) is 0 Å². The molecule has 0 spiro atoms. The molecular weight excluding hydrogens is 302 g/mol. The molecule has 128 valence electrons. The first-order valence-corrected chi connectivity index (χ1v) is 7.97. The summed E-state index contributed by atoms with van der Waals surface area (Å²) in [6, 6.07) is 13.0. The molecule has 1 aromatic heterocycles. The highest BCUT2D eigenvalue weighted by atomic mass is 16.2. The second-order valence-electron chi connectivity index (χ2n) is 6.03. The molecule has 6 heteroatoms. The van der Waals surface area contributed by atoms with E-state index >= 15 is 0 Å². The van der Waals surface area contributed by atoms with Crippen molar-refractivity contribution in [2.45, 2.75) is 25.4 Å². The van der Waals surface area contributed by atoms with Crippen LogP contribution in [0.1, 0.15) is 19.8 Å². The van der Waals surface area contributed by atoms with Crippen LogP contribution in [0.4, 0.5) is 17.2 Å². The Hall–Kier alpha value is -2.44. The summed E-state index contributed by atoms with van der Waals surface area (Å²) in [5.41, 5.74) is 12.4. The van der Waals surface area contributed by atoms with Gasteiger partial charge < -0.3 is 16.4 Å². The first kappa shape index (κ1) is 17.9. The van der Waals surface area contributed by atoms with Gasteiger partial charge in [0.25, 0.3) is 5.91 Å². The maximum Gasteiger partial charge on any atom is 0.267 e. The van der Waals surface area contributed by atoms with Gasteiger partial charge in [-0.1, -0.05) is 19.4 Å². The summed E-state index contributed by atoms with van der Waals surface area (Å²) in [6.45, 7) is 1.94. The fourth-order valence-electron chi connectivity index (χ4n) is 2.47. The number of hydrogen-bond acceptors (Lipinski definition) is 5. The third-order valence-corrected chi connectivity index (χ3v) is 3.77. The van der Waals surface area contributed by atoms with Gasteiger partial charge in [-0.05, 0) is 42.8 Å². The molecule has 1 heterocycles. The topological polar surface area (TPSA) is 88.5 Å². The number of carbonyl (C=O) groups is 1. The maximum atomic E-state index is 13.0. The Balaban J connectivity index is 2.46. The van der Waals surface area contributed by atoms with Crippen LogP contribution in [-0.2, 0) is 4.79 Å². The Kier molecular flexibility index (Phi) is 5.54. The van der Waals surface area contributed by atoms with E-state index in [-0.39, 0.29) is 5.91 Å². The van der Waals surface area contributed by atoms with Gasteiger partial charge in [0.15, 0.2) is 0 Å². The summed E-state index contributed by atoms with van der Waals surface area (Å²) in [5, 5.41) is 0. The normalized spacial score (nSPS) is 11.2. The number of nitrogens with zero attached hydrogens (tertiary/aromatic N) is 3. The van der Waals surface area contributed by atoms with Crippen molar-refractivity contribution in [3.8, 4) is 0 Å². The van der Waals surface area contributed by atoms with Crippen molar-refractivity contribution in [1.82, 2.24) is 4.98 Å². The lowest BCUT2D eigenvalue weighted by atomic mass is 10.0. The average molecular weight is 327 g/mol. The molecule has 0 aliphatic heterocycles. The van der Waals surface area contributed by atoms with Crippen LogP contribution >= 0.6 is 0 Å². The van der Waals surface area contributed by atoms with Crippen molar-refractivity contribution in [2.24, 2.45) is 11.5 Å². The van der Waals surface area contributed by atoms with Gasteiger partial charge in [0.1, 0.15) is 11.5 Å². The van der Waals surface area contributed by atoms with E-state index < -0.39 is 5.66 Å². The molecule has 0 bridgehead atoms. The lowest BCUT2D eigenvalue weighted by molar-refractivity contribution is -0.123. The molecule has 2 aromatic rings. The number of nitrogens with two attached hydrogens (primary N) is 2. The van der Waals surface area contributed by atoms with Gasteiger partial charge in [0, 0.05) is 26.0 Å². The molecule has 0 radical (unpaired) electrons. The van der Waals surface area contributed by atoms with E-state index in [0.29, 0.717) is 24.3 Å². The first-order valence-electron chi connectivity index (χ1n) is 7.97. The smallest absolute Gasteiger partial charge is 0.267 e. The van der Waals surface area contributed by atoms with E-state index in [1.165, 1.54) is 4.90 Å². The highest BCUT2D eigenvalue weighted by Crippen LogP contribution is 2.28. The Morgan fingerprint density at radius 1 is 1.08 bits per heavy atom. The molecule has 0 saturated carbocycles. The third-order valence-electron chi connectivity index (χ3n) is 3.77. The van der Waals surface area contributed by atoms with Crippen LogP contribution in [0.15, 0.2) is 48.7 Å². The van der Waals surface area contributed by atoms with Gasteiger partial charge in [0.05, 0.1) is 5.69 Å². The quantitative estimate of drug-likeness (QED) is 0.794. The van der Waals surface area contributed by atoms with Crippen LogP contribution in [0.25, 0.3) is 0 Å². The zero-order valence-corrected chi connectivity index (χ0v) is 14.4. The molecule has 0 aliphatic rings. The summed E-state index contributed by atoms with van der Waals surface area (Å²) >= 11 is 0. The Morgan fingerprint density at radius 3 is 2.21 bits per heavy atom. The Labute approximate surface area is 143 Å². The lowest BCUT2D eigenvalue weighted by Gasteiger charge is -2.31. The zero-order chi connectivity index (χ0) is 17.7. The van der Waals surface area contributed by atoms with E-state index in [0.717, 1.165) is 5.69 Å². The van der Waals surface area contributed by atoms with E-state index in [1.54, 1.807) is 18.3 Å². The van der Waals surface area contributed by atoms with E-state index in [9.17, 15) is 4.79 Å². The van der Waals surface area contributed by atoms with E-state index in [4.69, 9.17) is 11.5 Å². The second kappa shape index (κ2) is 7.42. The highest BCUT2D eigenvalue weighted by Gasteiger charge is 2.34. The summed E-state index contributed by atoms with van der Waals surface area (Å²) < 4.78 is 0. The van der Waals surface area contributed by atoms with Crippen LogP contribution in [0.2, 0.25) is 0 Å². The van der Waals surface area contributed by atoms with Gasteiger partial charge in [-0.3, -0.25) is 9.69 Å². The van der Waals surface area contributed by atoms with E-state index in [1.807, 2.05) is 56.3 Å². The fraction of sp³-hybridized carbons (Fsp3) is 0.333. The van der Waals surface area contributed by atoms with Crippen LogP contribution < -0.4 is 21.3 Å². The standard InChI is InChI=1S/C18H25N5O/c1-4-12-18(19,20)17(24)23(16-7-5-6-13-21-16)15-10-8-14(9-11-15)22(2)3/h5-11,13H,4,12,19-20H2,1-3H3. The minimum Gasteiger partial charge on any atom is -0.378 e. The van der Waals surface area contributed by atoms with Gasteiger partial charge in [-0.2, -0.15) is 0 Å². The minimum atomic E-state index is -1.44. The predicted molar refractivity (Wildman–Crippen MR) is 98.2 cm³/mol. The molecule has 2 rings (SSSR count). The second-order valence-corrected chi connectivity index (χ2v) is 6.03. The summed E-state index contributed by atoms with van der Waals surface area (Å²) in [6.07, 6.45) is 2.75. The number of hydrogen-bond donors (Lipinski definition) is 2. The molecule has 0 atom stereocenters. The van der Waals surface area contributed by atoms with Gasteiger partial charge in [-0.15, -0.1) is 0 Å². The number of aromatic nitrogens is 1. The summed E-state index contributed by atoms with van der Waals surface area (Å²) in [5.74, 6) is 0.122. The fourth-order valence-corrected chi connectivity index (χ4v) is 2.47. The number of pyridine rings is 1. The van der Waals surface area contributed by atoms with Crippen molar-refractivity contribution in [3.05, 3.63) is 48.7 Å². The largest absolute Gasteiger partial charge is 0.378 e. The molecule has 0 fully saturated rings. The number of rotatable bonds is 6. The van der Waals surface area contributed by atoms with E-state index in [2.05, 4.69) is 4.98 Å². The van der Waals surface area contributed by atoms with Crippen molar-refractivity contribution >= 4 is 23.1 Å². The average Bonchev–Trinajstić information content (AvgIpc) is 2.56. The zero-order valence-electron chi connectivity index (χ0n) is 14.4. The van der Waals surface area contributed by atoms with Crippen LogP contribution in [-0.4, -0.2) is 30.6 Å². The van der Waals surface area contributed by atoms with Crippen molar-refractivity contribution in [1.29, 1.82) is 0 Å². The molecule has 0 saturated heterocycles. The SMILES string of the molecule is CCCC(N)(N)C(=O)N(c1ccc(N(C)C)cc1)c1ccccn1. The molecule has 1 aromatic carbocycles. The molecule has 0 aliphatic carbocycles. The van der Waals surface area contributed by atoms with Gasteiger partial charge in [0.2, 0.25) is 0 Å². The van der Waals surface area contributed by atoms with Crippen molar-refractivity contribution in [2.75, 3.05) is 23.9 Å². The van der Waals surface area contributed by atoms with Gasteiger partial charge >= 0.3 is 0 Å². The highest BCUT2D eigenvalue weighted by molar-refractivity contribution is 6.04. The molecule has 6 nitrogen and oxygen atoms in total. The molecular formula is C18H25N5O. The van der Waals surface area contributed by atoms with Crippen LogP contribution in [0, 0.1) is 0 Å². The summed E-state index contributed by atoms with van der Waals surface area (Å²) in [4.78, 5) is 20.8. The molecule has 24 heavy (non-hydrogen) atoms. The molecule has 1 amide bonds. The first-order chi connectivity index (χ1) is 11.4. The van der Waals surface area contributed by atoms with Crippen LogP contribution in [0.5, 0.6) is 0 Å². The third kappa shape index (κ3) is 3.90. The Morgan fingerprint density at radius 2 is 1.71 bits per heavy atom. The van der Waals surface area contributed by atoms with Gasteiger partial charge in [-0.25, -0.2) is 4.98 Å². The maximum absolute atomic E-state index is 13.0. The monoisotopic (exact) mass is 327 g/mol. The Bertz CT molecular complexity index is 668. The number of benzene rings is 1. The lowest BCUT2D eigenvalue weighted by Crippen LogP contribution is -2.61. The number of amides is 1. The minimum absolute atomic E-state index is 0.374. The van der Waals surface area contributed by atoms with Crippen LogP contribution in [0.3, 0.4) is 0 Å². The predicted octanol–water partition coefficient (Wildman–Crippen LogP) is 2.23. The van der Waals surface area contributed by atoms with Crippen molar-refractivity contribution < 1.29 is 4.79 Å². The number of carbonyl (C=O) groups excluding carboxylic acids is 1. The molecule has 0 unspecified atom stereocenters. The number of anilines is 3.